The lowest BCUT2D eigenvalue weighted by atomic mass is 10.0. The molecule has 0 bridgehead atoms. The third kappa shape index (κ3) is 3.83. The van der Waals surface area contributed by atoms with Crippen LogP contribution in [-0.2, 0) is 4.79 Å². The monoisotopic (exact) mass is 274 g/mol. The van der Waals surface area contributed by atoms with E-state index in [2.05, 4.69) is 36.2 Å². The van der Waals surface area contributed by atoms with E-state index in [1.807, 2.05) is 19.1 Å². The third-order valence-electron chi connectivity index (χ3n) is 4.16. The Labute approximate surface area is 122 Å². The number of rotatable bonds is 4. The van der Waals surface area contributed by atoms with Crippen molar-refractivity contribution in [2.75, 3.05) is 18.4 Å². The van der Waals surface area contributed by atoms with Gasteiger partial charge in [-0.1, -0.05) is 32.4 Å². The molecule has 3 nitrogen and oxygen atoms in total. The number of nitrogens with zero attached hydrogens (tertiary/aromatic N) is 1. The summed E-state index contributed by atoms with van der Waals surface area (Å²) in [7, 11) is 0. The van der Waals surface area contributed by atoms with Crippen LogP contribution in [0.5, 0.6) is 0 Å². The average molecular weight is 274 g/mol. The van der Waals surface area contributed by atoms with Gasteiger partial charge in [-0.15, -0.1) is 0 Å². The Morgan fingerprint density at radius 1 is 1.05 bits per heavy atom. The number of amides is 1. The maximum atomic E-state index is 12.3. The second-order valence-electron chi connectivity index (χ2n) is 6.04. The molecule has 1 N–H and O–H groups in total. The Hall–Kier alpha value is -1.35. The molecule has 2 rings (SSSR count). The molecule has 0 saturated carbocycles. The van der Waals surface area contributed by atoms with Gasteiger partial charge >= 0.3 is 0 Å². The maximum absolute atomic E-state index is 12.3. The van der Waals surface area contributed by atoms with Gasteiger partial charge in [0.05, 0.1) is 6.04 Å². The summed E-state index contributed by atoms with van der Waals surface area (Å²) < 4.78 is 0. The molecule has 0 aromatic heterocycles. The second kappa shape index (κ2) is 6.89. The van der Waals surface area contributed by atoms with Crippen molar-refractivity contribution in [3.05, 3.63) is 29.8 Å². The van der Waals surface area contributed by atoms with E-state index in [1.54, 1.807) is 0 Å². The summed E-state index contributed by atoms with van der Waals surface area (Å²) in [6.07, 6.45) is 3.71. The highest BCUT2D eigenvalue weighted by Gasteiger charge is 2.22. The summed E-state index contributed by atoms with van der Waals surface area (Å²) in [6, 6.07) is 8.13. The second-order valence-corrected chi connectivity index (χ2v) is 6.04. The van der Waals surface area contributed by atoms with Crippen LogP contribution in [0, 0.1) is 0 Å². The first-order valence-electron chi connectivity index (χ1n) is 7.73. The minimum Gasteiger partial charge on any atom is -0.325 e. The molecule has 1 amide bonds. The molecule has 1 aliphatic heterocycles. The molecule has 1 atom stereocenters. The van der Waals surface area contributed by atoms with Crippen LogP contribution in [0.25, 0.3) is 0 Å². The van der Waals surface area contributed by atoms with Crippen LogP contribution in [0.2, 0.25) is 0 Å². The first-order valence-corrected chi connectivity index (χ1v) is 7.73. The lowest BCUT2D eigenvalue weighted by molar-refractivity contribution is -0.121. The standard InChI is InChI=1S/C17H26N2O/c1-13(2)15-7-9-16(10-8-15)18-17(20)14(3)19-11-5-4-6-12-19/h7-10,13-14H,4-6,11-12H2,1-3H3,(H,18,20)/t14-/m1/s1. The molecule has 3 heteroatoms. The lowest BCUT2D eigenvalue weighted by Gasteiger charge is -2.31. The molecule has 1 aromatic rings. The predicted molar refractivity (Wildman–Crippen MR) is 84.0 cm³/mol. The van der Waals surface area contributed by atoms with Crippen molar-refractivity contribution in [3.8, 4) is 0 Å². The van der Waals surface area contributed by atoms with Gasteiger partial charge in [0.1, 0.15) is 0 Å². The first kappa shape index (κ1) is 15.0. The third-order valence-corrected chi connectivity index (χ3v) is 4.16. The number of carbonyl (C=O) groups is 1. The van der Waals surface area contributed by atoms with Crippen LogP contribution >= 0.6 is 0 Å². The number of hydrogen-bond acceptors (Lipinski definition) is 2. The van der Waals surface area contributed by atoms with Crippen LogP contribution in [0.3, 0.4) is 0 Å². The van der Waals surface area contributed by atoms with Gasteiger partial charge in [0.25, 0.3) is 0 Å². The van der Waals surface area contributed by atoms with Crippen LogP contribution in [-0.4, -0.2) is 29.9 Å². The smallest absolute Gasteiger partial charge is 0.241 e. The SMILES string of the molecule is CC(C)c1ccc(NC(=O)[C@@H](C)N2CCCCC2)cc1. The predicted octanol–water partition coefficient (Wildman–Crippen LogP) is 3.62. The number of benzene rings is 1. The molecule has 0 unspecified atom stereocenters. The van der Waals surface area contributed by atoms with Gasteiger partial charge in [0, 0.05) is 5.69 Å². The van der Waals surface area contributed by atoms with E-state index >= 15 is 0 Å². The van der Waals surface area contributed by atoms with Crippen molar-refractivity contribution in [1.29, 1.82) is 0 Å². The molecule has 1 aliphatic rings. The van der Waals surface area contributed by atoms with Crippen LogP contribution in [0.4, 0.5) is 5.69 Å². The van der Waals surface area contributed by atoms with Gasteiger partial charge < -0.3 is 5.32 Å². The van der Waals surface area contributed by atoms with Crippen LogP contribution in [0.15, 0.2) is 24.3 Å². The molecule has 1 heterocycles. The maximum Gasteiger partial charge on any atom is 0.241 e. The zero-order valence-corrected chi connectivity index (χ0v) is 12.9. The summed E-state index contributed by atoms with van der Waals surface area (Å²) in [5, 5.41) is 3.02. The van der Waals surface area contributed by atoms with Crippen molar-refractivity contribution in [2.24, 2.45) is 0 Å². The number of carbonyl (C=O) groups excluding carboxylic acids is 1. The van der Waals surface area contributed by atoms with Crippen LogP contribution < -0.4 is 5.32 Å². The van der Waals surface area contributed by atoms with Gasteiger partial charge in [-0.2, -0.15) is 0 Å². The zero-order valence-electron chi connectivity index (χ0n) is 12.9. The van der Waals surface area contributed by atoms with E-state index in [4.69, 9.17) is 0 Å². The Bertz CT molecular complexity index is 433. The number of hydrogen-bond donors (Lipinski definition) is 1. The molecule has 110 valence electrons. The summed E-state index contributed by atoms with van der Waals surface area (Å²) in [5.41, 5.74) is 2.19. The van der Waals surface area contributed by atoms with E-state index in [-0.39, 0.29) is 11.9 Å². The van der Waals surface area contributed by atoms with Gasteiger partial charge in [-0.25, -0.2) is 0 Å². The van der Waals surface area contributed by atoms with E-state index < -0.39 is 0 Å². The van der Waals surface area contributed by atoms with E-state index in [9.17, 15) is 4.79 Å². The number of piperidine rings is 1. The van der Waals surface area contributed by atoms with E-state index in [1.165, 1.54) is 24.8 Å². The van der Waals surface area contributed by atoms with Gasteiger partial charge in [0.2, 0.25) is 5.91 Å². The fraction of sp³-hybridized carbons (Fsp3) is 0.588. The Balaban J connectivity index is 1.92. The van der Waals surface area contributed by atoms with Gasteiger partial charge in [-0.3, -0.25) is 9.69 Å². The highest BCUT2D eigenvalue weighted by atomic mass is 16.2. The lowest BCUT2D eigenvalue weighted by Crippen LogP contribution is -2.44. The van der Waals surface area contributed by atoms with E-state index in [0.29, 0.717) is 5.92 Å². The molecule has 0 spiro atoms. The topological polar surface area (TPSA) is 32.3 Å². The normalized spacial score (nSPS) is 18.0. The minimum absolute atomic E-state index is 0.0416. The van der Waals surface area contributed by atoms with Crippen molar-refractivity contribution in [3.63, 3.8) is 0 Å². The highest BCUT2D eigenvalue weighted by Crippen LogP contribution is 2.18. The van der Waals surface area contributed by atoms with Crippen molar-refractivity contribution < 1.29 is 4.79 Å². The Morgan fingerprint density at radius 3 is 2.20 bits per heavy atom. The molecular weight excluding hydrogens is 248 g/mol. The Kier molecular flexibility index (Phi) is 5.18. The minimum atomic E-state index is -0.0416. The van der Waals surface area contributed by atoms with Crippen molar-refractivity contribution >= 4 is 11.6 Å². The molecule has 1 fully saturated rings. The molecular formula is C17H26N2O. The first-order chi connectivity index (χ1) is 9.58. The summed E-state index contributed by atoms with van der Waals surface area (Å²) >= 11 is 0. The molecule has 1 aromatic carbocycles. The van der Waals surface area contributed by atoms with E-state index in [0.717, 1.165) is 18.8 Å². The summed E-state index contributed by atoms with van der Waals surface area (Å²) in [5.74, 6) is 0.622. The largest absolute Gasteiger partial charge is 0.325 e. The fourth-order valence-corrected chi connectivity index (χ4v) is 2.67. The van der Waals surface area contributed by atoms with Crippen molar-refractivity contribution in [2.45, 2.75) is 52.0 Å². The van der Waals surface area contributed by atoms with Gasteiger partial charge in [0.15, 0.2) is 0 Å². The van der Waals surface area contributed by atoms with Crippen LogP contribution in [0.1, 0.15) is 51.5 Å². The average Bonchev–Trinajstić information content (AvgIpc) is 2.48. The molecule has 1 saturated heterocycles. The number of anilines is 1. The summed E-state index contributed by atoms with van der Waals surface area (Å²) in [4.78, 5) is 14.6. The molecule has 0 aliphatic carbocycles. The fourth-order valence-electron chi connectivity index (χ4n) is 2.67. The highest BCUT2D eigenvalue weighted by molar-refractivity contribution is 5.94. The Morgan fingerprint density at radius 2 is 1.65 bits per heavy atom. The zero-order chi connectivity index (χ0) is 14.5. The number of nitrogens with one attached hydrogen (secondary N) is 1. The quantitative estimate of drug-likeness (QED) is 0.909. The van der Waals surface area contributed by atoms with Gasteiger partial charge in [-0.05, 0) is 56.5 Å². The molecule has 20 heavy (non-hydrogen) atoms. The number of likely N-dealkylation sites (tertiary alicyclic amines) is 1. The van der Waals surface area contributed by atoms with Crippen molar-refractivity contribution in [1.82, 2.24) is 4.90 Å². The summed E-state index contributed by atoms with van der Waals surface area (Å²) in [6.45, 7) is 8.43. The molecule has 0 radical (unpaired) electrons.